The molecular weight excluding hydrogens is 233 g/mol. The van der Waals surface area contributed by atoms with E-state index in [2.05, 4.69) is 6.92 Å². The van der Waals surface area contributed by atoms with Gasteiger partial charge in [-0.05, 0) is 30.5 Å². The highest BCUT2D eigenvalue weighted by Crippen LogP contribution is 2.34. The molecule has 0 aromatic heterocycles. The Morgan fingerprint density at radius 1 is 1.56 bits per heavy atom. The van der Waals surface area contributed by atoms with Crippen molar-refractivity contribution >= 4 is 0 Å². The fourth-order valence-corrected chi connectivity index (χ4v) is 2.63. The molecule has 1 aliphatic heterocycles. The van der Waals surface area contributed by atoms with Gasteiger partial charge in [0.15, 0.2) is 11.6 Å². The molecule has 0 amide bonds. The molecule has 100 valence electrons. The average Bonchev–Trinajstić information content (AvgIpc) is 2.86. The molecule has 3 unspecified atom stereocenters. The van der Waals surface area contributed by atoms with E-state index in [0.717, 1.165) is 25.0 Å². The van der Waals surface area contributed by atoms with Crippen molar-refractivity contribution in [2.75, 3.05) is 13.7 Å². The van der Waals surface area contributed by atoms with Crippen molar-refractivity contribution in [3.05, 3.63) is 29.6 Å². The molecule has 0 bridgehead atoms. The first kappa shape index (κ1) is 13.3. The zero-order valence-corrected chi connectivity index (χ0v) is 10.9. The van der Waals surface area contributed by atoms with E-state index in [1.165, 1.54) is 13.2 Å². The van der Waals surface area contributed by atoms with E-state index < -0.39 is 0 Å². The van der Waals surface area contributed by atoms with E-state index in [1.54, 1.807) is 6.07 Å². The van der Waals surface area contributed by atoms with Crippen LogP contribution in [0, 0.1) is 11.7 Å². The van der Waals surface area contributed by atoms with Gasteiger partial charge in [-0.25, -0.2) is 4.39 Å². The largest absolute Gasteiger partial charge is 0.494 e. The third-order valence-electron chi connectivity index (χ3n) is 3.69. The third-order valence-corrected chi connectivity index (χ3v) is 3.69. The zero-order chi connectivity index (χ0) is 13.1. The molecule has 1 aromatic carbocycles. The van der Waals surface area contributed by atoms with Crippen molar-refractivity contribution in [1.82, 2.24) is 0 Å². The Hall–Kier alpha value is -1.13. The van der Waals surface area contributed by atoms with Gasteiger partial charge in [0.2, 0.25) is 0 Å². The van der Waals surface area contributed by atoms with Gasteiger partial charge in [-0.1, -0.05) is 13.0 Å². The average molecular weight is 253 g/mol. The lowest BCUT2D eigenvalue weighted by molar-refractivity contribution is 0.0813. The maximum atomic E-state index is 13.7. The standard InChI is InChI=1S/C14H20FNO2/c1-3-12-10(6-7-18-12)14(16)9-4-5-13(17-2)11(15)8-9/h4-5,8,10,12,14H,3,6-7,16H2,1-2H3. The first-order valence-corrected chi connectivity index (χ1v) is 6.38. The van der Waals surface area contributed by atoms with Gasteiger partial charge in [0, 0.05) is 18.6 Å². The summed E-state index contributed by atoms with van der Waals surface area (Å²) >= 11 is 0. The number of methoxy groups -OCH3 is 1. The number of halogens is 1. The molecule has 3 nitrogen and oxygen atoms in total. The number of rotatable bonds is 4. The molecule has 1 saturated heterocycles. The molecule has 1 fully saturated rings. The van der Waals surface area contributed by atoms with Crippen LogP contribution >= 0.6 is 0 Å². The predicted octanol–water partition coefficient (Wildman–Crippen LogP) is 2.65. The molecule has 2 rings (SSSR count). The fraction of sp³-hybridized carbons (Fsp3) is 0.571. The van der Waals surface area contributed by atoms with Crippen LogP contribution in [0.5, 0.6) is 5.75 Å². The summed E-state index contributed by atoms with van der Waals surface area (Å²) < 4.78 is 24.2. The lowest BCUT2D eigenvalue weighted by Crippen LogP contribution is -2.28. The topological polar surface area (TPSA) is 44.5 Å². The monoisotopic (exact) mass is 253 g/mol. The maximum Gasteiger partial charge on any atom is 0.165 e. The molecule has 1 heterocycles. The number of ether oxygens (including phenoxy) is 2. The second kappa shape index (κ2) is 5.67. The lowest BCUT2D eigenvalue weighted by Gasteiger charge is -2.24. The van der Waals surface area contributed by atoms with Crippen molar-refractivity contribution in [3.8, 4) is 5.75 Å². The summed E-state index contributed by atoms with van der Waals surface area (Å²) in [6.45, 7) is 2.83. The Morgan fingerprint density at radius 2 is 2.33 bits per heavy atom. The highest BCUT2D eigenvalue weighted by Gasteiger charge is 2.32. The molecule has 0 saturated carbocycles. The van der Waals surface area contributed by atoms with E-state index in [4.69, 9.17) is 15.2 Å². The number of hydrogen-bond acceptors (Lipinski definition) is 3. The highest BCUT2D eigenvalue weighted by atomic mass is 19.1. The molecule has 0 radical (unpaired) electrons. The van der Waals surface area contributed by atoms with E-state index in [9.17, 15) is 4.39 Å². The van der Waals surface area contributed by atoms with Crippen LogP contribution in [0.15, 0.2) is 18.2 Å². The van der Waals surface area contributed by atoms with E-state index in [0.29, 0.717) is 0 Å². The Labute approximate surface area is 107 Å². The molecule has 2 N–H and O–H groups in total. The minimum Gasteiger partial charge on any atom is -0.494 e. The van der Waals surface area contributed by atoms with Crippen LogP contribution in [-0.4, -0.2) is 19.8 Å². The summed E-state index contributed by atoms with van der Waals surface area (Å²) in [6.07, 6.45) is 2.06. The molecule has 18 heavy (non-hydrogen) atoms. The first-order chi connectivity index (χ1) is 8.67. The predicted molar refractivity (Wildman–Crippen MR) is 68.0 cm³/mol. The Bertz CT molecular complexity index is 411. The molecule has 1 aromatic rings. The lowest BCUT2D eigenvalue weighted by atomic mass is 9.87. The number of benzene rings is 1. The van der Waals surface area contributed by atoms with Crippen LogP contribution in [0.1, 0.15) is 31.4 Å². The Balaban J connectivity index is 2.18. The molecule has 1 aliphatic rings. The first-order valence-electron chi connectivity index (χ1n) is 6.38. The van der Waals surface area contributed by atoms with Gasteiger partial charge in [0.1, 0.15) is 0 Å². The number of nitrogens with two attached hydrogens (primary N) is 1. The van der Waals surface area contributed by atoms with Crippen LogP contribution in [-0.2, 0) is 4.74 Å². The van der Waals surface area contributed by atoms with Crippen LogP contribution in [0.3, 0.4) is 0 Å². The summed E-state index contributed by atoms with van der Waals surface area (Å²) in [5.41, 5.74) is 7.05. The zero-order valence-electron chi connectivity index (χ0n) is 10.9. The summed E-state index contributed by atoms with van der Waals surface area (Å²) in [6, 6.07) is 4.74. The second-order valence-corrected chi connectivity index (χ2v) is 4.69. The van der Waals surface area contributed by atoms with Crippen LogP contribution in [0.2, 0.25) is 0 Å². The molecule has 3 atom stereocenters. The van der Waals surface area contributed by atoms with Gasteiger partial charge >= 0.3 is 0 Å². The third kappa shape index (κ3) is 2.49. The van der Waals surface area contributed by atoms with E-state index in [1.807, 2.05) is 6.07 Å². The fourth-order valence-electron chi connectivity index (χ4n) is 2.63. The van der Waals surface area contributed by atoms with Crippen molar-refractivity contribution in [3.63, 3.8) is 0 Å². The van der Waals surface area contributed by atoms with Crippen molar-refractivity contribution in [2.45, 2.75) is 31.9 Å². The quantitative estimate of drug-likeness (QED) is 0.897. The minimum atomic E-state index is -0.364. The van der Waals surface area contributed by atoms with E-state index >= 15 is 0 Å². The van der Waals surface area contributed by atoms with Gasteiger partial charge in [0.25, 0.3) is 0 Å². The molecular formula is C14H20FNO2. The Kier molecular flexibility index (Phi) is 4.19. The van der Waals surface area contributed by atoms with E-state index in [-0.39, 0.29) is 29.6 Å². The van der Waals surface area contributed by atoms with Crippen LogP contribution in [0.4, 0.5) is 4.39 Å². The Morgan fingerprint density at radius 3 is 2.94 bits per heavy atom. The van der Waals surface area contributed by atoms with Gasteiger partial charge in [-0.3, -0.25) is 0 Å². The van der Waals surface area contributed by atoms with Gasteiger partial charge in [0.05, 0.1) is 13.2 Å². The molecule has 0 spiro atoms. The maximum absolute atomic E-state index is 13.7. The van der Waals surface area contributed by atoms with Gasteiger partial charge in [-0.15, -0.1) is 0 Å². The SMILES string of the molecule is CCC1OCCC1C(N)c1ccc(OC)c(F)c1. The van der Waals surface area contributed by atoms with Gasteiger partial charge < -0.3 is 15.2 Å². The second-order valence-electron chi connectivity index (χ2n) is 4.69. The summed E-state index contributed by atoms with van der Waals surface area (Å²) in [5, 5.41) is 0. The molecule has 4 heteroatoms. The smallest absolute Gasteiger partial charge is 0.165 e. The summed E-state index contributed by atoms with van der Waals surface area (Å²) in [7, 11) is 1.45. The summed E-state index contributed by atoms with van der Waals surface area (Å²) in [5.74, 6) is 0.154. The van der Waals surface area contributed by atoms with Crippen LogP contribution < -0.4 is 10.5 Å². The van der Waals surface area contributed by atoms with Crippen molar-refractivity contribution in [1.29, 1.82) is 0 Å². The van der Waals surface area contributed by atoms with Crippen molar-refractivity contribution in [2.24, 2.45) is 11.7 Å². The number of hydrogen-bond donors (Lipinski definition) is 1. The van der Waals surface area contributed by atoms with Gasteiger partial charge in [-0.2, -0.15) is 0 Å². The van der Waals surface area contributed by atoms with Crippen LogP contribution in [0.25, 0.3) is 0 Å². The minimum absolute atomic E-state index is 0.183. The highest BCUT2D eigenvalue weighted by molar-refractivity contribution is 5.31. The normalized spacial score (nSPS) is 25.1. The summed E-state index contributed by atoms with van der Waals surface area (Å²) in [4.78, 5) is 0. The molecule has 0 aliphatic carbocycles. The van der Waals surface area contributed by atoms with Crippen molar-refractivity contribution < 1.29 is 13.9 Å².